The summed E-state index contributed by atoms with van der Waals surface area (Å²) in [4.78, 5) is 43.7. The lowest BCUT2D eigenvalue weighted by molar-refractivity contribution is -0.135. The topological polar surface area (TPSA) is 120 Å². The Morgan fingerprint density at radius 1 is 0.839 bits per heavy atom. The van der Waals surface area contributed by atoms with Gasteiger partial charge in [-0.25, -0.2) is 4.98 Å². The largest absolute Gasteiger partial charge is 0.374 e. The number of nitrogens with two attached hydrogens (primary N) is 1. The summed E-state index contributed by atoms with van der Waals surface area (Å²) in [5, 5.41) is 2.60. The molecule has 1 fully saturated rings. The summed E-state index contributed by atoms with van der Waals surface area (Å²) < 4.78 is 7.45. The van der Waals surface area contributed by atoms with Crippen LogP contribution in [0.4, 0.5) is 0 Å². The number of aryl methyl sites for hydroxylation is 3. The van der Waals surface area contributed by atoms with Gasteiger partial charge in [-0.15, -0.1) is 0 Å². The van der Waals surface area contributed by atoms with Crippen LogP contribution in [0.5, 0.6) is 0 Å². The zero-order valence-electron chi connectivity index (χ0n) is 33.1. The lowest BCUT2D eigenvalue weighted by atomic mass is 9.74. The van der Waals surface area contributed by atoms with Crippen molar-refractivity contribution in [1.82, 2.24) is 19.8 Å². The van der Waals surface area contributed by atoms with Crippen LogP contribution in [0.2, 0.25) is 0 Å². The van der Waals surface area contributed by atoms with E-state index in [1.807, 2.05) is 78.4 Å². The fraction of sp³-hybridized carbons (Fsp3) is 0.362. The molecule has 1 aliphatic carbocycles. The van der Waals surface area contributed by atoms with E-state index in [4.69, 9.17) is 10.5 Å². The van der Waals surface area contributed by atoms with E-state index in [1.54, 1.807) is 20.2 Å². The first-order valence-corrected chi connectivity index (χ1v) is 19.7. The van der Waals surface area contributed by atoms with Crippen LogP contribution in [0.25, 0.3) is 0 Å². The first kappa shape index (κ1) is 40.3. The molecule has 1 aliphatic heterocycles. The molecule has 292 valence electrons. The number of amides is 2. The molecular weight excluding hydrogens is 699 g/mol. The molecule has 3 N–H and O–H groups in total. The lowest BCUT2D eigenvalue weighted by Crippen LogP contribution is -2.54. The van der Waals surface area contributed by atoms with Crippen LogP contribution in [0, 0.1) is 12.8 Å². The van der Waals surface area contributed by atoms with Crippen LogP contribution < -0.4 is 11.1 Å². The third kappa shape index (κ3) is 10.1. The number of nitrogens with zero attached hydrogens (tertiary/aromatic N) is 3. The number of Topliss-reactive ketones (excluding diaryl/α,β-unsaturated/α-hetero) is 1. The van der Waals surface area contributed by atoms with Gasteiger partial charge >= 0.3 is 0 Å². The molecule has 56 heavy (non-hydrogen) atoms. The molecule has 2 amide bonds. The average molecular weight is 754 g/mol. The highest BCUT2D eigenvalue weighted by Crippen LogP contribution is 2.43. The zero-order chi connectivity index (χ0) is 39.7. The number of hydrogen-bond donors (Lipinski definition) is 2. The molecule has 9 heteroatoms. The fourth-order valence-electron chi connectivity index (χ4n) is 7.83. The fourth-order valence-corrected chi connectivity index (χ4v) is 7.83. The molecule has 4 aromatic carbocycles. The number of imidazole rings is 1. The normalized spacial score (nSPS) is 15.6. The summed E-state index contributed by atoms with van der Waals surface area (Å²) in [6.45, 7) is 8.67. The first-order chi connectivity index (χ1) is 27.0. The predicted octanol–water partition coefficient (Wildman–Crippen LogP) is 6.96. The number of fused-ring (bicyclic) bond motifs is 2. The minimum atomic E-state index is -1.02. The van der Waals surface area contributed by atoms with Gasteiger partial charge in [-0.3, -0.25) is 14.4 Å². The Balaban J connectivity index is 0.000000227. The van der Waals surface area contributed by atoms with E-state index in [9.17, 15) is 14.4 Å². The third-order valence-electron chi connectivity index (χ3n) is 10.9. The Hall–Kier alpha value is -5.38. The van der Waals surface area contributed by atoms with Crippen LogP contribution in [-0.4, -0.2) is 63.3 Å². The number of likely N-dealkylation sites (tertiary alicyclic amines) is 1. The molecule has 1 saturated heterocycles. The Kier molecular flexibility index (Phi) is 13.3. The van der Waals surface area contributed by atoms with E-state index in [2.05, 4.69) is 63.7 Å². The number of benzene rings is 4. The van der Waals surface area contributed by atoms with Crippen molar-refractivity contribution in [2.75, 3.05) is 19.7 Å². The Labute approximate surface area is 331 Å². The Morgan fingerprint density at radius 3 is 1.93 bits per heavy atom. The van der Waals surface area contributed by atoms with Crippen molar-refractivity contribution in [2.24, 2.45) is 11.7 Å². The quantitative estimate of drug-likeness (QED) is 0.151. The van der Waals surface area contributed by atoms with Gasteiger partial charge in [0.2, 0.25) is 11.8 Å². The van der Waals surface area contributed by atoms with Crippen LogP contribution in [-0.2, 0) is 38.6 Å². The second-order valence-corrected chi connectivity index (χ2v) is 15.7. The lowest BCUT2D eigenvalue weighted by Gasteiger charge is -2.38. The Bertz CT molecular complexity index is 2020. The van der Waals surface area contributed by atoms with Gasteiger partial charge in [0, 0.05) is 25.2 Å². The molecule has 0 radical (unpaired) electrons. The maximum atomic E-state index is 13.9. The minimum Gasteiger partial charge on any atom is -0.374 e. The summed E-state index contributed by atoms with van der Waals surface area (Å²) in [6, 6.07) is 36.7. The average Bonchev–Trinajstić information content (AvgIpc) is 3.55. The van der Waals surface area contributed by atoms with E-state index < -0.39 is 11.6 Å². The van der Waals surface area contributed by atoms with Gasteiger partial charge < -0.3 is 25.3 Å². The van der Waals surface area contributed by atoms with Crippen LogP contribution >= 0.6 is 0 Å². The monoisotopic (exact) mass is 753 g/mol. The number of piperidine rings is 1. The van der Waals surface area contributed by atoms with Crippen molar-refractivity contribution in [3.05, 3.63) is 161 Å². The van der Waals surface area contributed by atoms with Gasteiger partial charge in [0.05, 0.1) is 30.8 Å². The molecule has 5 aromatic rings. The van der Waals surface area contributed by atoms with E-state index >= 15 is 0 Å². The van der Waals surface area contributed by atoms with Crippen LogP contribution in [0.3, 0.4) is 0 Å². The smallest absolute Gasteiger partial charge is 0.250 e. The summed E-state index contributed by atoms with van der Waals surface area (Å²) >= 11 is 0. The van der Waals surface area contributed by atoms with Crippen LogP contribution in [0.15, 0.2) is 122 Å². The molecule has 2 heterocycles. The number of carbonyl (C=O) groups excluding carboxylic acids is 3. The summed E-state index contributed by atoms with van der Waals surface area (Å²) in [5.41, 5.74) is 13.6. The van der Waals surface area contributed by atoms with Gasteiger partial charge in [0.25, 0.3) is 0 Å². The second kappa shape index (κ2) is 18.5. The van der Waals surface area contributed by atoms with Crippen LogP contribution in [0.1, 0.15) is 84.6 Å². The molecular formula is C47H55N5O4. The summed E-state index contributed by atoms with van der Waals surface area (Å²) in [5.74, 6) is 0.564. The maximum Gasteiger partial charge on any atom is 0.250 e. The molecule has 1 aromatic heterocycles. The highest BCUT2D eigenvalue weighted by atomic mass is 16.5. The van der Waals surface area contributed by atoms with Crippen molar-refractivity contribution < 1.29 is 19.1 Å². The number of carbonyl (C=O) groups is 3. The highest BCUT2D eigenvalue weighted by molar-refractivity contribution is 5.91. The highest BCUT2D eigenvalue weighted by Gasteiger charge is 2.36. The molecule has 0 spiro atoms. The van der Waals surface area contributed by atoms with Crippen molar-refractivity contribution >= 4 is 17.6 Å². The third-order valence-corrected chi connectivity index (χ3v) is 10.9. The number of nitrogens with one attached hydrogen (secondary N) is 1. The van der Waals surface area contributed by atoms with Gasteiger partial charge in [-0.2, -0.15) is 0 Å². The molecule has 2 unspecified atom stereocenters. The predicted molar refractivity (Wildman–Crippen MR) is 220 cm³/mol. The SMILES string of the molecule is CC(=O)C(COCc1ccccc1)NC(=O)C(C)(C)N.Cc1cn(C(C(=O)N2CCC(C3c4ccccc4CCc4ccccc43)CC2)c2ccccc2)cn1. The molecule has 0 saturated carbocycles. The maximum absolute atomic E-state index is 13.9. The zero-order valence-corrected chi connectivity index (χ0v) is 33.1. The van der Waals surface area contributed by atoms with E-state index in [-0.39, 0.29) is 30.2 Å². The van der Waals surface area contributed by atoms with Gasteiger partial charge in [-0.1, -0.05) is 109 Å². The number of ketones is 1. The van der Waals surface area contributed by atoms with Gasteiger partial charge in [-0.05, 0) is 92.7 Å². The molecule has 9 nitrogen and oxygen atoms in total. The number of ether oxygens (including phenoxy) is 1. The van der Waals surface area contributed by atoms with E-state index in [0.29, 0.717) is 18.4 Å². The first-order valence-electron chi connectivity index (χ1n) is 19.7. The van der Waals surface area contributed by atoms with E-state index in [1.165, 1.54) is 29.2 Å². The second-order valence-electron chi connectivity index (χ2n) is 15.7. The molecule has 2 atom stereocenters. The van der Waals surface area contributed by atoms with E-state index in [0.717, 1.165) is 55.6 Å². The Morgan fingerprint density at radius 2 is 1.39 bits per heavy atom. The number of aromatic nitrogens is 2. The van der Waals surface area contributed by atoms with Crippen molar-refractivity contribution in [3.63, 3.8) is 0 Å². The van der Waals surface area contributed by atoms with Crippen molar-refractivity contribution in [2.45, 2.75) is 83.5 Å². The van der Waals surface area contributed by atoms with Crippen molar-refractivity contribution in [3.8, 4) is 0 Å². The molecule has 2 aliphatic rings. The van der Waals surface area contributed by atoms with Gasteiger partial charge in [0.15, 0.2) is 5.78 Å². The number of rotatable bonds is 11. The minimum absolute atomic E-state index is 0.131. The standard InChI is InChI=1S/C32H33N3O.C15H22N2O3/c1-23-21-35(22-33-23)31(27-11-3-2-4-12-27)32(36)34-19-17-26(18-20-34)30-28-13-7-5-9-24(28)15-16-25-10-6-8-14-29(25)30;1-11(18)13(17-14(19)15(2,3)16)10-20-9-12-7-5-4-6-8-12/h2-14,21-22,26,30-31H,15-20H2,1H3;4-8,13H,9-10,16H2,1-3H3,(H,17,19). The van der Waals surface area contributed by atoms with Gasteiger partial charge in [0.1, 0.15) is 12.1 Å². The number of hydrogen-bond acceptors (Lipinski definition) is 6. The van der Waals surface area contributed by atoms with Crippen molar-refractivity contribution in [1.29, 1.82) is 0 Å². The summed E-state index contributed by atoms with van der Waals surface area (Å²) in [6.07, 6.45) is 8.00. The summed E-state index contributed by atoms with van der Waals surface area (Å²) in [7, 11) is 0. The molecule has 0 bridgehead atoms. The molecule has 7 rings (SSSR count).